The molecule has 8 heteroatoms. The molecular weight excluding hydrogens is 388 g/mol. The van der Waals surface area contributed by atoms with E-state index in [1.165, 1.54) is 0 Å². The van der Waals surface area contributed by atoms with Crippen LogP contribution in [0.2, 0.25) is 0 Å². The Morgan fingerprint density at radius 2 is 1.77 bits per heavy atom. The van der Waals surface area contributed by atoms with Crippen molar-refractivity contribution in [3.8, 4) is 11.1 Å². The molecule has 6 N–H and O–H groups in total. The summed E-state index contributed by atoms with van der Waals surface area (Å²) in [4.78, 5) is 26.9. The quantitative estimate of drug-likeness (QED) is 0.297. The highest BCUT2D eigenvalue weighted by Crippen LogP contribution is 2.27. The van der Waals surface area contributed by atoms with Crippen molar-refractivity contribution >= 4 is 22.9 Å². The number of carbonyl (C=O) groups is 1. The first-order valence-corrected chi connectivity index (χ1v) is 9.46. The number of pyridine rings is 1. The lowest BCUT2D eigenvalue weighted by Crippen LogP contribution is -2.49. The fourth-order valence-corrected chi connectivity index (χ4v) is 3.45. The lowest BCUT2D eigenvalue weighted by Gasteiger charge is -2.27. The highest BCUT2D eigenvalue weighted by Gasteiger charge is 2.31. The molecule has 0 aliphatic carbocycles. The molecule has 0 saturated heterocycles. The second kappa shape index (κ2) is 9.19. The van der Waals surface area contributed by atoms with Gasteiger partial charge in [-0.05, 0) is 30.2 Å². The van der Waals surface area contributed by atoms with Crippen LogP contribution in [0.5, 0.6) is 0 Å². The fraction of sp³-hybridized carbons (Fsp3) is 0.273. The number of aliphatic hydroxyl groups excluding tert-OH is 4. The Labute approximate surface area is 172 Å². The van der Waals surface area contributed by atoms with Crippen LogP contribution in [0.1, 0.15) is 5.56 Å². The van der Waals surface area contributed by atoms with Crippen LogP contribution in [-0.4, -0.2) is 62.7 Å². The van der Waals surface area contributed by atoms with Crippen molar-refractivity contribution in [3.05, 3.63) is 64.4 Å². The number of hydrogen-bond donors (Lipinski definition) is 6. The van der Waals surface area contributed by atoms with E-state index in [0.717, 1.165) is 16.5 Å². The maximum absolute atomic E-state index is 12.7. The van der Waals surface area contributed by atoms with Crippen LogP contribution in [0.4, 0.5) is 5.69 Å². The fourth-order valence-electron chi connectivity index (χ4n) is 3.45. The summed E-state index contributed by atoms with van der Waals surface area (Å²) in [5.41, 5.74) is 2.90. The molecule has 2 aromatic carbocycles. The summed E-state index contributed by atoms with van der Waals surface area (Å²) in [7, 11) is 0. The van der Waals surface area contributed by atoms with Gasteiger partial charge in [0.25, 0.3) is 5.56 Å². The van der Waals surface area contributed by atoms with Gasteiger partial charge in [0.2, 0.25) is 0 Å². The van der Waals surface area contributed by atoms with Gasteiger partial charge in [-0.1, -0.05) is 36.4 Å². The van der Waals surface area contributed by atoms with E-state index in [-0.39, 0.29) is 5.56 Å². The van der Waals surface area contributed by atoms with Crippen molar-refractivity contribution in [1.82, 2.24) is 4.98 Å². The van der Waals surface area contributed by atoms with E-state index < -0.39 is 31.0 Å². The zero-order valence-corrected chi connectivity index (χ0v) is 16.3. The van der Waals surface area contributed by atoms with E-state index in [1.54, 1.807) is 18.2 Å². The minimum absolute atomic E-state index is 0.253. The monoisotopic (exact) mass is 412 g/mol. The molecule has 8 nitrogen and oxygen atoms in total. The number of H-pyrrole nitrogens is 1. The molecule has 3 rings (SSSR count). The summed E-state index contributed by atoms with van der Waals surface area (Å²) in [6, 6.07) is 13.2. The molecule has 1 heterocycles. The van der Waals surface area contributed by atoms with Crippen LogP contribution in [0.25, 0.3) is 22.0 Å². The Morgan fingerprint density at radius 1 is 1.07 bits per heavy atom. The Balaban J connectivity index is 1.94. The molecular formula is C22H24N2O6. The van der Waals surface area contributed by atoms with Crippen LogP contribution in [-0.2, 0) is 4.79 Å². The van der Waals surface area contributed by atoms with Gasteiger partial charge in [-0.2, -0.15) is 0 Å². The Bertz CT molecular complexity index is 1080. The molecule has 1 aromatic heterocycles. The molecule has 30 heavy (non-hydrogen) atoms. The van der Waals surface area contributed by atoms with Gasteiger partial charge in [-0.3, -0.25) is 4.79 Å². The number of rotatable bonds is 8. The molecule has 158 valence electrons. The number of aliphatic hydroxyl groups is 4. The maximum Gasteiger partial charge on any atom is 0.256 e. The minimum Gasteiger partial charge on any atom is -0.394 e. The number of hydrogen-bond acceptors (Lipinski definition) is 7. The molecule has 0 aliphatic heterocycles. The summed E-state index contributed by atoms with van der Waals surface area (Å²) >= 11 is 0. The van der Waals surface area contributed by atoms with Gasteiger partial charge in [0, 0.05) is 11.1 Å². The van der Waals surface area contributed by atoms with Gasteiger partial charge in [0.05, 0.1) is 17.7 Å². The Morgan fingerprint density at radius 3 is 2.40 bits per heavy atom. The predicted molar refractivity (Wildman–Crippen MR) is 113 cm³/mol. The number of benzene rings is 2. The van der Waals surface area contributed by atoms with Crippen LogP contribution in [0, 0.1) is 6.92 Å². The SMILES string of the molecule is Cc1c(-c2ccccc2)c(=O)[nH]c2cc(N[C@H](C=O)[C@H](O)[C@@H](O)[C@@H](O)CO)ccc12. The van der Waals surface area contributed by atoms with Crippen molar-refractivity contribution in [2.45, 2.75) is 31.3 Å². The second-order valence-electron chi connectivity index (χ2n) is 7.12. The lowest BCUT2D eigenvalue weighted by atomic mass is 9.98. The topological polar surface area (TPSA) is 143 Å². The Hall–Kier alpha value is -3.04. The maximum atomic E-state index is 12.7. The van der Waals surface area contributed by atoms with Crippen LogP contribution >= 0.6 is 0 Å². The predicted octanol–water partition coefficient (Wildman–Crippen LogP) is 0.558. The van der Waals surface area contributed by atoms with Gasteiger partial charge < -0.3 is 35.5 Å². The number of nitrogens with one attached hydrogen (secondary N) is 2. The minimum atomic E-state index is -1.71. The molecule has 0 radical (unpaired) electrons. The number of anilines is 1. The van der Waals surface area contributed by atoms with E-state index in [1.807, 2.05) is 37.3 Å². The standard InChI is InChI=1S/C22H24N2O6/c1-12-15-8-7-14(23-17(10-25)20(28)21(29)18(27)11-26)9-16(15)24-22(30)19(12)13-5-3-2-4-6-13/h2-10,17-18,20-21,23,26-29H,11H2,1H3,(H,24,30)/t17-,18+,20+,21+/m1/s1. The molecule has 0 saturated carbocycles. The van der Waals surface area contributed by atoms with E-state index in [2.05, 4.69) is 10.3 Å². The first kappa shape index (κ1) is 21.7. The molecule has 4 atom stereocenters. The normalized spacial score (nSPS) is 15.4. The average Bonchev–Trinajstić information content (AvgIpc) is 2.76. The highest BCUT2D eigenvalue weighted by molar-refractivity contribution is 5.90. The number of aromatic nitrogens is 1. The molecule has 0 unspecified atom stereocenters. The van der Waals surface area contributed by atoms with E-state index in [4.69, 9.17) is 5.11 Å². The molecule has 0 amide bonds. The number of aromatic amines is 1. The van der Waals surface area contributed by atoms with Crippen molar-refractivity contribution in [1.29, 1.82) is 0 Å². The number of aryl methyl sites for hydroxylation is 1. The van der Waals surface area contributed by atoms with Gasteiger partial charge in [0.15, 0.2) is 0 Å². The molecule has 0 bridgehead atoms. The number of fused-ring (bicyclic) bond motifs is 1. The second-order valence-corrected chi connectivity index (χ2v) is 7.12. The van der Waals surface area contributed by atoms with Crippen LogP contribution in [0.15, 0.2) is 53.3 Å². The third-order valence-electron chi connectivity index (χ3n) is 5.12. The number of carbonyl (C=O) groups excluding carboxylic acids is 1. The first-order valence-electron chi connectivity index (χ1n) is 9.46. The zero-order chi connectivity index (χ0) is 21.8. The zero-order valence-electron chi connectivity index (χ0n) is 16.3. The molecule has 0 aliphatic rings. The van der Waals surface area contributed by atoms with Crippen molar-refractivity contribution < 1.29 is 25.2 Å². The smallest absolute Gasteiger partial charge is 0.256 e. The largest absolute Gasteiger partial charge is 0.394 e. The van der Waals surface area contributed by atoms with E-state index in [9.17, 15) is 24.9 Å². The lowest BCUT2D eigenvalue weighted by molar-refractivity contribution is -0.117. The summed E-state index contributed by atoms with van der Waals surface area (Å²) in [6.45, 7) is 1.10. The summed E-state index contributed by atoms with van der Waals surface area (Å²) in [5, 5.41) is 42.0. The summed E-state index contributed by atoms with van der Waals surface area (Å²) in [5.74, 6) is 0. The average molecular weight is 412 g/mol. The first-order chi connectivity index (χ1) is 14.4. The number of aldehydes is 1. The van der Waals surface area contributed by atoms with Crippen LogP contribution in [0.3, 0.4) is 0 Å². The van der Waals surface area contributed by atoms with Crippen LogP contribution < -0.4 is 10.9 Å². The van der Waals surface area contributed by atoms with Crippen molar-refractivity contribution in [2.24, 2.45) is 0 Å². The van der Waals surface area contributed by atoms with Crippen molar-refractivity contribution in [2.75, 3.05) is 11.9 Å². The molecule has 0 fully saturated rings. The van der Waals surface area contributed by atoms with Crippen molar-refractivity contribution in [3.63, 3.8) is 0 Å². The third kappa shape index (κ3) is 4.27. The van der Waals surface area contributed by atoms with Gasteiger partial charge >= 0.3 is 0 Å². The Kier molecular flexibility index (Phi) is 6.63. The highest BCUT2D eigenvalue weighted by atomic mass is 16.4. The third-order valence-corrected chi connectivity index (χ3v) is 5.12. The van der Waals surface area contributed by atoms with Gasteiger partial charge in [0.1, 0.15) is 30.6 Å². The van der Waals surface area contributed by atoms with E-state index in [0.29, 0.717) is 23.1 Å². The molecule has 0 spiro atoms. The summed E-state index contributed by atoms with van der Waals surface area (Å²) < 4.78 is 0. The van der Waals surface area contributed by atoms with E-state index >= 15 is 0 Å². The van der Waals surface area contributed by atoms with Gasteiger partial charge in [-0.25, -0.2) is 0 Å². The molecule has 3 aromatic rings. The summed E-state index contributed by atoms with van der Waals surface area (Å²) in [6.07, 6.45) is -4.55. The van der Waals surface area contributed by atoms with Gasteiger partial charge in [-0.15, -0.1) is 0 Å².